The molecule has 0 unspecified atom stereocenters. The molecule has 1 aliphatic heterocycles. The maximum atomic E-state index is 13.4. The molecule has 0 spiro atoms. The lowest BCUT2D eigenvalue weighted by molar-refractivity contribution is -0.119. The first kappa shape index (κ1) is 18.3. The molecule has 0 aliphatic carbocycles. The van der Waals surface area contributed by atoms with Crippen LogP contribution in [0.1, 0.15) is 16.7 Å². The number of hydrogen-bond donors (Lipinski definition) is 0. The van der Waals surface area contributed by atoms with Gasteiger partial charge < -0.3 is 0 Å². The molecule has 1 heterocycles. The second-order valence-electron chi connectivity index (χ2n) is 6.78. The summed E-state index contributed by atoms with van der Waals surface area (Å²) in [6, 6.07) is 24.8. The van der Waals surface area contributed by atoms with Crippen molar-refractivity contribution in [2.75, 3.05) is 4.90 Å². The van der Waals surface area contributed by atoms with Crippen LogP contribution in [0.25, 0.3) is 5.57 Å². The Balaban J connectivity index is 1.83. The lowest BCUT2D eigenvalue weighted by Crippen LogP contribution is -2.31. The van der Waals surface area contributed by atoms with Crippen LogP contribution < -0.4 is 4.90 Å². The number of nitrogens with zero attached hydrogens (tertiary/aromatic N) is 1. The molecule has 3 aromatic carbocycles. The molecule has 0 atom stereocenters. The van der Waals surface area contributed by atoms with Crippen LogP contribution in [-0.4, -0.2) is 11.8 Å². The standard InChI is InChI=1S/C24H19NO2S/c1-16-13-17(2)15-19(14-16)25-23(26)21(18-9-5-3-6-10-18)22(24(25)27)28-20-11-7-4-8-12-20/h3-15H,1-2H3. The maximum absolute atomic E-state index is 13.4. The fourth-order valence-electron chi connectivity index (χ4n) is 3.38. The molecular weight excluding hydrogens is 366 g/mol. The number of rotatable bonds is 4. The summed E-state index contributed by atoms with van der Waals surface area (Å²) in [7, 11) is 0. The average Bonchev–Trinajstić information content (AvgIpc) is 2.92. The molecular formula is C24H19NO2S. The molecule has 4 heteroatoms. The van der Waals surface area contributed by atoms with E-state index >= 15 is 0 Å². The van der Waals surface area contributed by atoms with Crippen LogP contribution in [0, 0.1) is 13.8 Å². The van der Waals surface area contributed by atoms with E-state index in [2.05, 4.69) is 0 Å². The number of benzene rings is 3. The summed E-state index contributed by atoms with van der Waals surface area (Å²) in [6.07, 6.45) is 0. The van der Waals surface area contributed by atoms with E-state index in [9.17, 15) is 9.59 Å². The molecule has 2 amide bonds. The molecule has 3 aromatic rings. The third-order valence-corrected chi connectivity index (χ3v) is 5.62. The molecule has 138 valence electrons. The zero-order valence-electron chi connectivity index (χ0n) is 15.7. The van der Waals surface area contributed by atoms with Gasteiger partial charge in [-0.25, -0.2) is 4.90 Å². The third-order valence-electron chi connectivity index (χ3n) is 4.53. The third kappa shape index (κ3) is 3.39. The van der Waals surface area contributed by atoms with Crippen molar-refractivity contribution < 1.29 is 9.59 Å². The van der Waals surface area contributed by atoms with Crippen LogP contribution in [0.4, 0.5) is 5.69 Å². The Kier molecular flexibility index (Phi) is 4.88. The van der Waals surface area contributed by atoms with E-state index in [-0.39, 0.29) is 11.8 Å². The molecule has 0 saturated heterocycles. The van der Waals surface area contributed by atoms with Crippen molar-refractivity contribution in [2.45, 2.75) is 18.7 Å². The summed E-state index contributed by atoms with van der Waals surface area (Å²) >= 11 is 1.34. The van der Waals surface area contributed by atoms with Gasteiger partial charge >= 0.3 is 0 Å². The first-order chi connectivity index (χ1) is 13.5. The van der Waals surface area contributed by atoms with Crippen molar-refractivity contribution in [3.8, 4) is 0 Å². The van der Waals surface area contributed by atoms with Gasteiger partial charge in [0, 0.05) is 4.90 Å². The van der Waals surface area contributed by atoms with Gasteiger partial charge in [-0.1, -0.05) is 66.4 Å². The fraction of sp³-hybridized carbons (Fsp3) is 0.0833. The van der Waals surface area contributed by atoms with Crippen molar-refractivity contribution in [1.29, 1.82) is 0 Å². The van der Waals surface area contributed by atoms with Crippen LogP contribution in [0.2, 0.25) is 0 Å². The predicted octanol–water partition coefficient (Wildman–Crippen LogP) is 5.38. The number of anilines is 1. The normalized spacial score (nSPS) is 14.1. The smallest absolute Gasteiger partial charge is 0.268 e. The summed E-state index contributed by atoms with van der Waals surface area (Å²) in [5.41, 5.74) is 3.86. The van der Waals surface area contributed by atoms with Crippen LogP contribution in [0.15, 0.2) is 88.7 Å². The molecule has 0 saturated carbocycles. The largest absolute Gasteiger partial charge is 0.272 e. The zero-order chi connectivity index (χ0) is 19.7. The van der Waals surface area contributed by atoms with Crippen LogP contribution >= 0.6 is 11.8 Å². The van der Waals surface area contributed by atoms with Crippen LogP contribution in [0.3, 0.4) is 0 Å². The first-order valence-corrected chi connectivity index (χ1v) is 9.86. The summed E-state index contributed by atoms with van der Waals surface area (Å²) < 4.78 is 0. The number of thioether (sulfide) groups is 1. The molecule has 0 bridgehead atoms. The van der Waals surface area contributed by atoms with E-state index < -0.39 is 0 Å². The summed E-state index contributed by atoms with van der Waals surface area (Å²) in [5.74, 6) is -0.553. The quantitative estimate of drug-likeness (QED) is 0.566. The fourth-order valence-corrected chi connectivity index (χ4v) is 4.40. The molecule has 4 rings (SSSR count). The molecule has 0 N–H and O–H groups in total. The minimum Gasteiger partial charge on any atom is -0.268 e. The molecule has 0 fully saturated rings. The number of imide groups is 1. The van der Waals surface area contributed by atoms with E-state index in [1.54, 1.807) is 0 Å². The van der Waals surface area contributed by atoms with Crippen LogP contribution in [0.5, 0.6) is 0 Å². The number of aryl methyl sites for hydroxylation is 2. The van der Waals surface area contributed by atoms with Crippen molar-refractivity contribution in [2.24, 2.45) is 0 Å². The highest BCUT2D eigenvalue weighted by atomic mass is 32.2. The Morgan fingerprint density at radius 3 is 1.89 bits per heavy atom. The average molecular weight is 385 g/mol. The van der Waals surface area contributed by atoms with E-state index in [1.165, 1.54) is 16.7 Å². The topological polar surface area (TPSA) is 37.4 Å². The van der Waals surface area contributed by atoms with Gasteiger partial charge in [0.15, 0.2) is 0 Å². The van der Waals surface area contributed by atoms with Crippen molar-refractivity contribution in [3.63, 3.8) is 0 Å². The Labute approximate surface area is 168 Å². The van der Waals surface area contributed by atoms with E-state index in [0.717, 1.165) is 21.6 Å². The number of amides is 2. The van der Waals surface area contributed by atoms with Gasteiger partial charge in [-0.05, 0) is 54.8 Å². The Hall–Kier alpha value is -3.11. The summed E-state index contributed by atoms with van der Waals surface area (Å²) in [6.45, 7) is 3.93. The number of carbonyl (C=O) groups is 2. The Morgan fingerprint density at radius 1 is 0.714 bits per heavy atom. The molecule has 0 radical (unpaired) electrons. The Bertz CT molecular complexity index is 1070. The highest BCUT2D eigenvalue weighted by Gasteiger charge is 2.40. The van der Waals surface area contributed by atoms with E-state index in [0.29, 0.717) is 16.2 Å². The van der Waals surface area contributed by atoms with Gasteiger partial charge in [0.1, 0.15) is 0 Å². The maximum Gasteiger partial charge on any atom is 0.272 e. The summed E-state index contributed by atoms with van der Waals surface area (Å²) in [4.78, 5) is 29.4. The van der Waals surface area contributed by atoms with E-state index in [1.807, 2.05) is 92.7 Å². The lowest BCUT2D eigenvalue weighted by Gasteiger charge is -2.16. The second kappa shape index (κ2) is 7.49. The van der Waals surface area contributed by atoms with Gasteiger partial charge in [0.25, 0.3) is 11.8 Å². The van der Waals surface area contributed by atoms with Crippen molar-refractivity contribution in [1.82, 2.24) is 0 Å². The highest BCUT2D eigenvalue weighted by Crippen LogP contribution is 2.41. The lowest BCUT2D eigenvalue weighted by atomic mass is 10.1. The van der Waals surface area contributed by atoms with Gasteiger partial charge in [0.05, 0.1) is 16.2 Å². The van der Waals surface area contributed by atoms with Gasteiger partial charge in [-0.15, -0.1) is 0 Å². The Morgan fingerprint density at radius 2 is 1.29 bits per heavy atom. The van der Waals surface area contributed by atoms with E-state index in [4.69, 9.17) is 0 Å². The molecule has 3 nitrogen and oxygen atoms in total. The van der Waals surface area contributed by atoms with Gasteiger partial charge in [-0.3, -0.25) is 9.59 Å². The van der Waals surface area contributed by atoms with Crippen LogP contribution in [-0.2, 0) is 9.59 Å². The molecule has 1 aliphatic rings. The predicted molar refractivity (Wildman–Crippen MR) is 114 cm³/mol. The van der Waals surface area contributed by atoms with Gasteiger partial charge in [-0.2, -0.15) is 0 Å². The number of hydrogen-bond acceptors (Lipinski definition) is 3. The van der Waals surface area contributed by atoms with Crippen molar-refractivity contribution >= 4 is 34.8 Å². The minimum atomic E-state index is -0.278. The molecule has 28 heavy (non-hydrogen) atoms. The minimum absolute atomic E-state index is 0.275. The highest BCUT2D eigenvalue weighted by molar-refractivity contribution is 8.04. The zero-order valence-corrected chi connectivity index (χ0v) is 16.5. The van der Waals surface area contributed by atoms with Gasteiger partial charge in [0.2, 0.25) is 0 Å². The van der Waals surface area contributed by atoms with Crippen molar-refractivity contribution in [3.05, 3.63) is 100 Å². The second-order valence-corrected chi connectivity index (χ2v) is 7.86. The monoisotopic (exact) mass is 385 g/mol. The number of carbonyl (C=O) groups excluding carboxylic acids is 2. The SMILES string of the molecule is Cc1cc(C)cc(N2C(=O)C(Sc3ccccc3)=C(c3ccccc3)C2=O)c1. The summed E-state index contributed by atoms with van der Waals surface area (Å²) in [5, 5.41) is 0. The first-order valence-electron chi connectivity index (χ1n) is 9.04. The molecule has 0 aromatic heterocycles.